The Labute approximate surface area is 229 Å². The van der Waals surface area contributed by atoms with Crippen molar-refractivity contribution in [1.82, 2.24) is 4.98 Å². The van der Waals surface area contributed by atoms with Crippen molar-refractivity contribution >= 4 is 33.3 Å². The zero-order valence-corrected chi connectivity index (χ0v) is 23.6. The van der Waals surface area contributed by atoms with E-state index in [2.05, 4.69) is 24.6 Å². The minimum Gasteiger partial charge on any atom is -0.457 e. The summed E-state index contributed by atoms with van der Waals surface area (Å²) in [6, 6.07) is 5.98. The highest BCUT2D eigenvalue weighted by Gasteiger charge is 2.53. The Balaban J connectivity index is 1.64. The summed E-state index contributed by atoms with van der Waals surface area (Å²) in [6.45, 7) is 9.84. The second-order valence-electron chi connectivity index (χ2n) is 11.3. The van der Waals surface area contributed by atoms with Crippen molar-refractivity contribution in [1.29, 1.82) is 0 Å². The number of thiazole rings is 1. The number of aliphatic hydroxyl groups excluding tert-OH is 2. The predicted molar refractivity (Wildman–Crippen MR) is 151 cm³/mol. The maximum Gasteiger partial charge on any atom is 0.309 e. The van der Waals surface area contributed by atoms with Crippen LogP contribution in [0.4, 0.5) is 0 Å². The van der Waals surface area contributed by atoms with Crippen LogP contribution in [0.15, 0.2) is 42.5 Å². The van der Waals surface area contributed by atoms with Gasteiger partial charge in [-0.3, -0.25) is 9.59 Å². The average molecular weight is 540 g/mol. The molecule has 7 heteroatoms. The second-order valence-corrected chi connectivity index (χ2v) is 12.5. The minimum absolute atomic E-state index is 0.0649. The highest BCUT2D eigenvalue weighted by molar-refractivity contribution is 7.18. The standard InChI is InChI=1S/C31H41NO5S/c1-5-8-23-29(35)20(3)10-6-9-19(2)11-13-25(22-12-14-26-24(17-22)32-21(4)38-26)37-28(34)18-27(33)31(30(23)36)15-7-16-31/h5,11-12,14,17,20,23,25,27,29,33,35H,1,6-10,13,15-16,18H2,2-4H3/b19-11-/t20-,23+,25-,27+,29-/m0/s1. The molecule has 1 saturated carbocycles. The molecule has 1 fully saturated rings. The Morgan fingerprint density at radius 3 is 2.66 bits per heavy atom. The van der Waals surface area contributed by atoms with Crippen LogP contribution >= 0.6 is 11.3 Å². The Kier molecular flexibility index (Phi) is 9.22. The third-order valence-corrected chi connectivity index (χ3v) is 9.51. The average Bonchev–Trinajstić information content (AvgIpc) is 3.22. The first-order chi connectivity index (χ1) is 18.1. The van der Waals surface area contributed by atoms with Crippen LogP contribution in [0.25, 0.3) is 10.2 Å². The number of ketones is 1. The summed E-state index contributed by atoms with van der Waals surface area (Å²) < 4.78 is 7.06. The van der Waals surface area contributed by atoms with E-state index in [0.29, 0.717) is 25.7 Å². The number of Topliss-reactive ketones (excluding diaryl/α,β-unsaturated/α-hetero) is 1. The number of benzene rings is 1. The van der Waals surface area contributed by atoms with E-state index in [0.717, 1.165) is 46.5 Å². The molecular formula is C31H41NO5S. The largest absolute Gasteiger partial charge is 0.457 e. The van der Waals surface area contributed by atoms with Crippen molar-refractivity contribution < 1.29 is 24.5 Å². The molecule has 1 spiro atoms. The van der Waals surface area contributed by atoms with Gasteiger partial charge in [-0.05, 0) is 76.0 Å². The summed E-state index contributed by atoms with van der Waals surface area (Å²) in [5.74, 6) is -1.38. The monoisotopic (exact) mass is 539 g/mol. The molecule has 1 aliphatic carbocycles. The number of rotatable bonds is 3. The summed E-state index contributed by atoms with van der Waals surface area (Å²) in [6.07, 6.45) is 6.31. The number of ether oxygens (including phenoxy) is 1. The van der Waals surface area contributed by atoms with Gasteiger partial charge in [-0.15, -0.1) is 17.9 Å². The van der Waals surface area contributed by atoms with E-state index in [9.17, 15) is 19.8 Å². The zero-order chi connectivity index (χ0) is 27.4. The molecule has 4 rings (SSSR count). The van der Waals surface area contributed by atoms with Crippen LogP contribution in [0.1, 0.15) is 88.3 Å². The molecule has 1 aromatic heterocycles. The van der Waals surface area contributed by atoms with Gasteiger partial charge in [0.2, 0.25) is 0 Å². The number of aromatic nitrogens is 1. The molecule has 0 bridgehead atoms. The maximum atomic E-state index is 13.8. The van der Waals surface area contributed by atoms with Gasteiger partial charge < -0.3 is 14.9 Å². The molecule has 1 aromatic carbocycles. The van der Waals surface area contributed by atoms with Crippen LogP contribution < -0.4 is 0 Å². The quantitative estimate of drug-likeness (QED) is 0.347. The number of hydrogen-bond acceptors (Lipinski definition) is 7. The molecule has 38 heavy (non-hydrogen) atoms. The number of cyclic esters (lactones) is 1. The van der Waals surface area contributed by atoms with E-state index in [1.54, 1.807) is 17.4 Å². The van der Waals surface area contributed by atoms with Crippen molar-refractivity contribution in [3.63, 3.8) is 0 Å². The summed E-state index contributed by atoms with van der Waals surface area (Å²) in [5.41, 5.74) is 1.92. The van der Waals surface area contributed by atoms with Gasteiger partial charge in [0, 0.05) is 12.3 Å². The summed E-state index contributed by atoms with van der Waals surface area (Å²) >= 11 is 1.63. The number of hydrogen-bond donors (Lipinski definition) is 2. The molecule has 2 N–H and O–H groups in total. The molecule has 0 saturated heterocycles. The van der Waals surface area contributed by atoms with Crippen molar-refractivity contribution in [3.8, 4) is 0 Å². The lowest BCUT2D eigenvalue weighted by molar-refractivity contribution is -0.162. The fraction of sp³-hybridized carbons (Fsp3) is 0.581. The molecular weight excluding hydrogens is 498 g/mol. The number of fused-ring (bicyclic) bond motifs is 1. The van der Waals surface area contributed by atoms with Crippen LogP contribution in [0, 0.1) is 24.2 Å². The van der Waals surface area contributed by atoms with Crippen LogP contribution in [-0.4, -0.2) is 39.2 Å². The molecule has 2 aromatic rings. The van der Waals surface area contributed by atoms with Crippen LogP contribution in [-0.2, 0) is 14.3 Å². The van der Waals surface area contributed by atoms with Gasteiger partial charge in [0.1, 0.15) is 11.9 Å². The fourth-order valence-corrected chi connectivity index (χ4v) is 6.81. The summed E-state index contributed by atoms with van der Waals surface area (Å²) in [5, 5.41) is 23.4. The minimum atomic E-state index is -1.15. The Hall–Kier alpha value is -2.35. The van der Waals surface area contributed by atoms with Gasteiger partial charge in [-0.1, -0.05) is 37.1 Å². The van der Waals surface area contributed by atoms with Gasteiger partial charge in [0.25, 0.3) is 0 Å². The highest BCUT2D eigenvalue weighted by atomic mass is 32.1. The highest BCUT2D eigenvalue weighted by Crippen LogP contribution is 2.49. The van der Waals surface area contributed by atoms with Gasteiger partial charge in [-0.25, -0.2) is 4.98 Å². The second kappa shape index (κ2) is 12.2. The number of carbonyl (C=O) groups excluding carboxylic acids is 2. The molecule has 2 aliphatic rings. The van der Waals surface area contributed by atoms with E-state index in [1.165, 1.54) is 5.57 Å². The van der Waals surface area contributed by atoms with Crippen molar-refractivity contribution in [2.24, 2.45) is 17.3 Å². The number of aryl methyl sites for hydroxylation is 1. The first kappa shape index (κ1) is 28.7. The normalized spacial score (nSPS) is 30.9. The number of allylic oxidation sites excluding steroid dienone is 2. The first-order valence-electron chi connectivity index (χ1n) is 13.9. The molecule has 0 unspecified atom stereocenters. The SMILES string of the molecule is C=CC[C@H]1C(=O)C2(CCC2)[C@H](O)CC(=O)O[C@H](c2ccc3sc(C)nc3c2)C/C=C(/C)CCC[C@H](C)[C@@H]1O. The lowest BCUT2D eigenvalue weighted by Crippen LogP contribution is -2.53. The smallest absolute Gasteiger partial charge is 0.309 e. The molecule has 0 amide bonds. The zero-order valence-electron chi connectivity index (χ0n) is 22.8. The van der Waals surface area contributed by atoms with Crippen molar-refractivity contribution in [3.05, 3.63) is 53.1 Å². The maximum absolute atomic E-state index is 13.8. The van der Waals surface area contributed by atoms with E-state index in [-0.39, 0.29) is 18.1 Å². The molecule has 206 valence electrons. The lowest BCUT2D eigenvalue weighted by atomic mass is 9.58. The Morgan fingerprint density at radius 1 is 1.21 bits per heavy atom. The Morgan fingerprint density at radius 2 is 1.97 bits per heavy atom. The number of carbonyl (C=O) groups is 2. The molecule has 0 radical (unpaired) electrons. The summed E-state index contributed by atoms with van der Waals surface area (Å²) in [7, 11) is 0. The van der Waals surface area contributed by atoms with Gasteiger partial charge in [-0.2, -0.15) is 0 Å². The molecule has 2 heterocycles. The van der Waals surface area contributed by atoms with Gasteiger partial charge in [0.15, 0.2) is 0 Å². The molecule has 6 nitrogen and oxygen atoms in total. The Bertz CT molecular complexity index is 1200. The number of nitrogens with zero attached hydrogens (tertiary/aromatic N) is 1. The van der Waals surface area contributed by atoms with Gasteiger partial charge in [0.05, 0.1) is 39.3 Å². The van der Waals surface area contributed by atoms with Crippen LogP contribution in [0.3, 0.4) is 0 Å². The lowest BCUT2D eigenvalue weighted by Gasteiger charge is -2.46. The van der Waals surface area contributed by atoms with Gasteiger partial charge >= 0.3 is 5.97 Å². The van der Waals surface area contributed by atoms with Crippen LogP contribution in [0.2, 0.25) is 0 Å². The summed E-state index contributed by atoms with van der Waals surface area (Å²) in [4.78, 5) is 31.6. The fourth-order valence-electron chi connectivity index (χ4n) is 6.00. The van der Waals surface area contributed by atoms with E-state index >= 15 is 0 Å². The third kappa shape index (κ3) is 6.11. The predicted octanol–water partition coefficient (Wildman–Crippen LogP) is 6.39. The molecule has 1 aliphatic heterocycles. The topological polar surface area (TPSA) is 96.7 Å². The number of esters is 1. The first-order valence-corrected chi connectivity index (χ1v) is 14.7. The van der Waals surface area contributed by atoms with Crippen LogP contribution in [0.5, 0.6) is 0 Å². The number of aliphatic hydroxyl groups is 2. The van der Waals surface area contributed by atoms with E-state index in [1.807, 2.05) is 32.0 Å². The third-order valence-electron chi connectivity index (χ3n) is 8.56. The van der Waals surface area contributed by atoms with Crippen molar-refractivity contribution in [2.75, 3.05) is 0 Å². The van der Waals surface area contributed by atoms with E-state index < -0.39 is 35.6 Å². The molecule has 5 atom stereocenters. The van der Waals surface area contributed by atoms with Crippen molar-refractivity contribution in [2.45, 2.75) is 96.9 Å². The van der Waals surface area contributed by atoms with E-state index in [4.69, 9.17) is 4.74 Å².